The van der Waals surface area contributed by atoms with Gasteiger partial charge in [0.1, 0.15) is 0 Å². The maximum Gasteiger partial charge on any atom is 0.325 e. The molecular weight excluding hydrogens is 348 g/mol. The number of nitrogens with one attached hydrogen (secondary N) is 2. The van der Waals surface area contributed by atoms with Crippen molar-refractivity contribution in [2.24, 2.45) is 5.41 Å². The molecule has 1 aromatic heterocycles. The molecule has 138 valence electrons. The predicted octanol–water partition coefficient (Wildman–Crippen LogP) is -0.524. The predicted molar refractivity (Wildman–Crippen MR) is 89.6 cm³/mol. The fourth-order valence-corrected chi connectivity index (χ4v) is 5.30. The number of piperidine rings is 1. The Morgan fingerprint density at radius 3 is 2.64 bits per heavy atom. The second kappa shape index (κ2) is 6.41. The third kappa shape index (κ3) is 3.04. The van der Waals surface area contributed by atoms with Crippen LogP contribution in [0.25, 0.3) is 0 Å². The lowest BCUT2D eigenvalue weighted by Crippen LogP contribution is -2.50. The molecule has 1 spiro atoms. The van der Waals surface area contributed by atoms with Crippen molar-refractivity contribution in [3.63, 3.8) is 0 Å². The van der Waals surface area contributed by atoms with E-state index in [9.17, 15) is 22.8 Å². The van der Waals surface area contributed by atoms with Crippen LogP contribution in [0.15, 0.2) is 20.7 Å². The lowest BCUT2D eigenvalue weighted by molar-refractivity contribution is -0.145. The monoisotopic (exact) mass is 370 g/mol. The van der Waals surface area contributed by atoms with E-state index in [-0.39, 0.29) is 19.0 Å². The summed E-state index contributed by atoms with van der Waals surface area (Å²) in [6, 6.07) is 0. The Hall–Kier alpha value is -1.94. The maximum atomic E-state index is 12.8. The van der Waals surface area contributed by atoms with Crippen molar-refractivity contribution in [1.29, 1.82) is 0 Å². The molecule has 9 nitrogen and oxygen atoms in total. The highest BCUT2D eigenvalue weighted by molar-refractivity contribution is 7.89. The van der Waals surface area contributed by atoms with Gasteiger partial charge in [-0.2, -0.15) is 4.31 Å². The number of H-pyrrole nitrogens is 2. The number of carbonyl (C=O) groups excluding carboxylic acids is 1. The molecule has 0 aliphatic carbocycles. The quantitative estimate of drug-likeness (QED) is 0.738. The molecule has 3 heterocycles. The van der Waals surface area contributed by atoms with Crippen LogP contribution in [-0.2, 0) is 14.8 Å². The summed E-state index contributed by atoms with van der Waals surface area (Å²) in [6.45, 7) is 3.65. The molecule has 0 radical (unpaired) electrons. The van der Waals surface area contributed by atoms with E-state index >= 15 is 0 Å². The first-order valence-electron chi connectivity index (χ1n) is 8.42. The number of hydrogen-bond donors (Lipinski definition) is 2. The number of amides is 1. The van der Waals surface area contributed by atoms with Crippen LogP contribution in [0.5, 0.6) is 0 Å². The van der Waals surface area contributed by atoms with Gasteiger partial charge in [-0.25, -0.2) is 13.2 Å². The van der Waals surface area contributed by atoms with Crippen molar-refractivity contribution in [3.8, 4) is 0 Å². The Morgan fingerprint density at radius 2 is 1.96 bits per heavy atom. The average Bonchev–Trinajstić information content (AvgIpc) is 2.98. The highest BCUT2D eigenvalue weighted by Gasteiger charge is 2.51. The number of sulfonamides is 1. The van der Waals surface area contributed by atoms with Crippen LogP contribution in [0, 0.1) is 5.41 Å². The summed E-state index contributed by atoms with van der Waals surface area (Å²) >= 11 is 0. The van der Waals surface area contributed by atoms with E-state index in [0.29, 0.717) is 25.9 Å². The van der Waals surface area contributed by atoms with Crippen LogP contribution >= 0.6 is 0 Å². The molecule has 2 aliphatic rings. The standard InChI is InChI=1S/C15H22N4O5S/c1-2-6-18-7-3-4-15(13(18)21)5-8-19(10-15)25(23,24)11-9-16-14(22)17-12(11)20/h9H,2-8,10H2,1H3,(H2,16,17,20,22). The highest BCUT2D eigenvalue weighted by Crippen LogP contribution is 2.41. The zero-order chi connectivity index (χ0) is 18.2. The first-order chi connectivity index (χ1) is 11.8. The first kappa shape index (κ1) is 17.9. The van der Waals surface area contributed by atoms with Gasteiger partial charge in [-0.15, -0.1) is 0 Å². The number of nitrogens with zero attached hydrogens (tertiary/aromatic N) is 2. The molecule has 0 bridgehead atoms. The number of aromatic nitrogens is 2. The van der Waals surface area contributed by atoms with E-state index in [4.69, 9.17) is 0 Å². The molecule has 2 fully saturated rings. The summed E-state index contributed by atoms with van der Waals surface area (Å²) < 4.78 is 26.7. The largest absolute Gasteiger partial charge is 0.342 e. The molecule has 2 aliphatic heterocycles. The minimum absolute atomic E-state index is 0.00804. The van der Waals surface area contributed by atoms with Crippen molar-refractivity contribution in [3.05, 3.63) is 27.0 Å². The van der Waals surface area contributed by atoms with E-state index in [1.54, 1.807) is 0 Å². The average molecular weight is 370 g/mol. The minimum Gasteiger partial charge on any atom is -0.342 e. The molecule has 1 amide bonds. The second-order valence-electron chi connectivity index (χ2n) is 6.70. The van der Waals surface area contributed by atoms with Gasteiger partial charge >= 0.3 is 5.69 Å². The van der Waals surface area contributed by atoms with E-state index in [0.717, 1.165) is 19.0 Å². The molecule has 0 aromatic carbocycles. The van der Waals surface area contributed by atoms with Gasteiger partial charge in [0.25, 0.3) is 5.56 Å². The number of likely N-dealkylation sites (tertiary alicyclic amines) is 1. The summed E-state index contributed by atoms with van der Waals surface area (Å²) in [6.07, 6.45) is 3.72. The molecular formula is C15H22N4O5S. The lowest BCUT2D eigenvalue weighted by Gasteiger charge is -2.39. The molecule has 10 heteroatoms. The van der Waals surface area contributed by atoms with Crippen LogP contribution in [-0.4, -0.2) is 59.7 Å². The van der Waals surface area contributed by atoms with Crippen molar-refractivity contribution in [2.75, 3.05) is 26.2 Å². The van der Waals surface area contributed by atoms with Gasteiger partial charge in [-0.05, 0) is 25.7 Å². The highest BCUT2D eigenvalue weighted by atomic mass is 32.2. The number of rotatable bonds is 4. The zero-order valence-corrected chi connectivity index (χ0v) is 14.9. The van der Waals surface area contributed by atoms with E-state index in [1.807, 2.05) is 16.8 Å². The number of hydrogen-bond acceptors (Lipinski definition) is 5. The van der Waals surface area contributed by atoms with Crippen LogP contribution in [0.3, 0.4) is 0 Å². The fraction of sp³-hybridized carbons (Fsp3) is 0.667. The molecule has 1 aromatic rings. The zero-order valence-electron chi connectivity index (χ0n) is 14.1. The second-order valence-corrected chi connectivity index (χ2v) is 8.61. The normalized spacial score (nSPS) is 25.0. The van der Waals surface area contributed by atoms with Crippen molar-refractivity contribution in [2.45, 2.75) is 37.5 Å². The summed E-state index contributed by atoms with van der Waals surface area (Å²) in [5.74, 6) is 0.00804. The van der Waals surface area contributed by atoms with Crippen molar-refractivity contribution in [1.82, 2.24) is 19.2 Å². The molecule has 25 heavy (non-hydrogen) atoms. The van der Waals surface area contributed by atoms with Gasteiger partial charge in [-0.3, -0.25) is 14.6 Å². The molecule has 3 rings (SSSR count). The van der Waals surface area contributed by atoms with Crippen molar-refractivity contribution < 1.29 is 13.2 Å². The van der Waals surface area contributed by atoms with Gasteiger partial charge in [0, 0.05) is 32.4 Å². The Bertz CT molecular complexity index is 888. The minimum atomic E-state index is -4.07. The maximum absolute atomic E-state index is 12.8. The third-order valence-corrected chi connectivity index (χ3v) is 6.89. The van der Waals surface area contributed by atoms with E-state index in [1.165, 1.54) is 4.31 Å². The Kier molecular flexibility index (Phi) is 4.58. The van der Waals surface area contributed by atoms with E-state index in [2.05, 4.69) is 4.98 Å². The smallest absolute Gasteiger partial charge is 0.325 e. The van der Waals surface area contributed by atoms with Gasteiger partial charge in [0.05, 0.1) is 5.41 Å². The summed E-state index contributed by atoms with van der Waals surface area (Å²) in [7, 11) is -4.07. The van der Waals surface area contributed by atoms with Crippen LogP contribution in [0.4, 0.5) is 0 Å². The summed E-state index contributed by atoms with van der Waals surface area (Å²) in [4.78, 5) is 41.2. The molecule has 2 saturated heterocycles. The van der Waals surface area contributed by atoms with Gasteiger partial charge < -0.3 is 9.88 Å². The van der Waals surface area contributed by atoms with Crippen molar-refractivity contribution >= 4 is 15.9 Å². The SMILES string of the molecule is CCCN1CCCC2(CCN(S(=O)(=O)c3c[nH]c(=O)[nH]c3=O)C2)C1=O. The van der Waals surface area contributed by atoms with Crippen LogP contribution < -0.4 is 11.2 Å². The van der Waals surface area contributed by atoms with Crippen LogP contribution in [0.2, 0.25) is 0 Å². The summed E-state index contributed by atoms with van der Waals surface area (Å²) in [5.41, 5.74) is -2.41. The Labute approximate surface area is 145 Å². The third-order valence-electron chi connectivity index (χ3n) is 5.04. The molecule has 1 atom stereocenters. The number of aromatic amines is 2. The molecule has 1 unspecified atom stereocenters. The topological polar surface area (TPSA) is 123 Å². The Morgan fingerprint density at radius 1 is 1.20 bits per heavy atom. The fourth-order valence-electron chi connectivity index (χ4n) is 3.78. The Balaban J connectivity index is 1.88. The van der Waals surface area contributed by atoms with Crippen LogP contribution in [0.1, 0.15) is 32.6 Å². The summed E-state index contributed by atoms with van der Waals surface area (Å²) in [5, 5.41) is 0. The van der Waals surface area contributed by atoms with Gasteiger partial charge in [-0.1, -0.05) is 6.92 Å². The van der Waals surface area contributed by atoms with E-state index < -0.39 is 31.6 Å². The lowest BCUT2D eigenvalue weighted by atomic mass is 9.78. The molecule has 0 saturated carbocycles. The molecule has 2 N–H and O–H groups in total. The van der Waals surface area contributed by atoms with Gasteiger partial charge in [0.2, 0.25) is 15.9 Å². The number of carbonyl (C=O) groups is 1. The van der Waals surface area contributed by atoms with Gasteiger partial charge in [0.15, 0.2) is 4.90 Å². The first-order valence-corrected chi connectivity index (χ1v) is 9.86.